The molecule has 143 heavy (non-hydrogen) atoms. The molecular formula is C113H126O30. The van der Waals surface area contributed by atoms with E-state index in [1.54, 1.807) is 0 Å². The van der Waals surface area contributed by atoms with Crippen molar-refractivity contribution in [2.45, 2.75) is 257 Å². The summed E-state index contributed by atoms with van der Waals surface area (Å²) in [6.07, 6.45) is -49.0. The average Bonchev–Trinajstić information content (AvgIpc) is 0.794. The van der Waals surface area contributed by atoms with Crippen molar-refractivity contribution in [2.24, 2.45) is 0 Å². The highest BCUT2D eigenvalue weighted by molar-refractivity contribution is 5.23. The van der Waals surface area contributed by atoms with E-state index < -0.39 is 191 Å². The van der Waals surface area contributed by atoms with Gasteiger partial charge in [0, 0.05) is 0 Å². The first kappa shape index (κ1) is 103. The van der Waals surface area contributed by atoms with Gasteiger partial charge in [-0.2, -0.15) is 0 Å². The summed E-state index contributed by atoms with van der Waals surface area (Å²) in [6.45, 7) is -3.41. The van der Waals surface area contributed by atoms with Crippen LogP contribution in [0.4, 0.5) is 0 Å². The molecule has 30 atom stereocenters. The van der Waals surface area contributed by atoms with E-state index in [4.69, 9.17) is 109 Å². The van der Waals surface area contributed by atoms with Gasteiger partial charge in [0.2, 0.25) is 0 Å². The molecule has 22 heterocycles. The molecule has 0 spiro atoms. The second kappa shape index (κ2) is 52.5. The molecule has 22 fully saturated rings. The lowest BCUT2D eigenvalue weighted by molar-refractivity contribution is -0.411. The maximum atomic E-state index is 14.1. The highest BCUT2D eigenvalue weighted by Crippen LogP contribution is 2.43. The van der Waals surface area contributed by atoms with Gasteiger partial charge in [-0.25, -0.2) is 0 Å². The Hall–Kier alpha value is -9.78. The summed E-state index contributed by atoms with van der Waals surface area (Å²) in [6, 6.07) is 102. The third-order valence-electron chi connectivity index (χ3n) is 26.3. The Morgan fingerprint density at radius 2 is 0.287 bits per heavy atom. The minimum absolute atomic E-state index is 0.0240. The fraction of sp³-hybridized carbons (Fsp3) is 0.416. The quantitative estimate of drug-likeness (QED) is 0.0188. The van der Waals surface area contributed by atoms with Crippen molar-refractivity contribution in [1.29, 1.82) is 0 Å². The summed E-state index contributed by atoms with van der Waals surface area (Å²) >= 11 is 0. The van der Waals surface area contributed by atoms with Crippen molar-refractivity contribution in [3.8, 4) is 0 Å². The second-order valence-corrected chi connectivity index (χ2v) is 36.6. The maximum absolute atomic E-state index is 14.1. The van der Waals surface area contributed by atoms with Gasteiger partial charge in [-0.05, 0) is 61.2 Å². The third-order valence-corrected chi connectivity index (χ3v) is 26.3. The van der Waals surface area contributed by atoms with Gasteiger partial charge in [-0.15, -0.1) is 0 Å². The van der Waals surface area contributed by atoms with Crippen LogP contribution in [0.25, 0.3) is 0 Å². The van der Waals surface area contributed by atoms with Gasteiger partial charge in [0.1, 0.15) is 146 Å². The zero-order chi connectivity index (χ0) is 97.8. The fourth-order valence-electron chi connectivity index (χ4n) is 18.8. The van der Waals surface area contributed by atoms with Gasteiger partial charge in [0.15, 0.2) is 37.7 Å². The van der Waals surface area contributed by atoms with E-state index in [1.165, 1.54) is 0 Å². The normalized spacial score (nSPS) is 31.6. The lowest BCUT2D eigenvalue weighted by Gasteiger charge is -2.52. The molecule has 0 aromatic heterocycles. The number of aliphatic hydroxyl groups is 7. The van der Waals surface area contributed by atoms with Crippen LogP contribution in [0.1, 0.15) is 61.2 Å². The summed E-state index contributed by atoms with van der Waals surface area (Å²) < 4.78 is 163. The summed E-state index contributed by atoms with van der Waals surface area (Å²) in [7, 11) is 0. The van der Waals surface area contributed by atoms with E-state index in [-0.39, 0.29) is 106 Å². The molecular weight excluding hydrogens is 1840 g/mol. The molecule has 30 nitrogen and oxygen atoms in total. The largest absolute Gasteiger partial charge is 0.394 e. The van der Waals surface area contributed by atoms with Gasteiger partial charge in [0.25, 0.3) is 0 Å². The van der Waals surface area contributed by atoms with Crippen molar-refractivity contribution in [2.75, 3.05) is 39.6 Å². The van der Waals surface area contributed by atoms with Crippen LogP contribution in [0.2, 0.25) is 0 Å². The average molecular weight is 1960 g/mol. The monoisotopic (exact) mass is 1960 g/mol. The van der Waals surface area contributed by atoms with Crippen LogP contribution in [0.3, 0.4) is 0 Å². The highest BCUT2D eigenvalue weighted by Gasteiger charge is 2.61. The Balaban J connectivity index is 0.795. The first-order valence-corrected chi connectivity index (χ1v) is 48.9. The minimum Gasteiger partial charge on any atom is -0.394 e. The van der Waals surface area contributed by atoms with Crippen molar-refractivity contribution in [3.63, 3.8) is 0 Å². The molecule has 0 saturated carbocycles. The van der Waals surface area contributed by atoms with Gasteiger partial charge in [-0.3, -0.25) is 0 Å². The van der Waals surface area contributed by atoms with E-state index in [2.05, 4.69) is 0 Å². The Morgan fingerprint density at radius 1 is 0.161 bits per heavy atom. The molecule has 11 aromatic carbocycles. The molecule has 11 aromatic rings. The van der Waals surface area contributed by atoms with Crippen molar-refractivity contribution >= 4 is 0 Å². The molecule has 7 N–H and O–H groups in total. The molecule has 0 radical (unpaired) electrons. The Bertz CT molecular complexity index is 5210. The molecule has 758 valence electrons. The molecule has 33 rings (SSSR count). The molecule has 22 aliphatic heterocycles. The molecule has 30 heteroatoms. The van der Waals surface area contributed by atoms with Crippen LogP contribution in [-0.2, 0) is 182 Å². The van der Waals surface area contributed by atoms with Gasteiger partial charge in [-0.1, -0.05) is 334 Å². The Labute approximate surface area is 831 Å². The first-order valence-electron chi connectivity index (χ1n) is 48.9. The highest BCUT2D eigenvalue weighted by atomic mass is 16.8. The minimum atomic E-state index is -1.87. The zero-order valence-corrected chi connectivity index (χ0v) is 79.1. The molecule has 12 bridgehead atoms. The molecule has 30 unspecified atom stereocenters. The summed E-state index contributed by atoms with van der Waals surface area (Å²) in [5.74, 6) is 0. The SMILES string of the molecule is OCC1OC2OC3C(COCc4ccccc4)OC(OC4C(COCc5ccccc5)OC(OC5C(COCc6ccccc6)OC(OC6C(COCc7ccccc7)OC(OC7C(COCc8ccccc8)OC(OC1C(O)C2OCc1ccccc1)C(OCc1ccccc1)C7O)C(OCc1ccccc1)C6O)C(OCc1ccccc1)C5O)C(OCc1ccccc1)C4O)C(OCc1ccccc1)C3O. The van der Waals surface area contributed by atoms with Crippen LogP contribution in [0.5, 0.6) is 0 Å². The standard InChI is InChI=1S/C113H126O30/c114-56-84-96-90(115)102(126-62-78-44-22-6-23-45-78)108(132-84)139-97-85(68-121-57-73-34-12-1-13-35-73)134-110(104(91(97)116)128-64-80-48-26-8-27-49-80)141-99-87(70-123-59-75-38-16-3-17-39-75)136-112(106(93(99)118)130-66-82-52-30-10-31-53-82)143-101-89(72-125-61-77-42-20-5-21-43-77)137-113(107(95(101)120)131-67-83-54-32-11-33-55-83)142-100-88(71-124-60-76-40-18-4-19-41-76)135-111(105(94(100)119)129-65-81-50-28-9-29-51-81)140-98-86(69-122-58-74-36-14-2-15-37-74)133-109(138-96)103(92(98)117)127-63-79-46-24-7-25-47-79/h1-55,84-120H,56-72H2. The Kier molecular flexibility index (Phi) is 37.9. The van der Waals surface area contributed by atoms with E-state index >= 15 is 0 Å². The number of hydrogen-bond acceptors (Lipinski definition) is 30. The number of benzene rings is 11. The van der Waals surface area contributed by atoms with Gasteiger partial charge in [0.05, 0.1) is 112 Å². The predicted octanol–water partition coefficient (Wildman–Crippen LogP) is 11.4. The summed E-state index contributed by atoms with van der Waals surface area (Å²) in [5.41, 5.74) is 7.95. The van der Waals surface area contributed by atoms with Crippen LogP contribution in [0.15, 0.2) is 334 Å². The van der Waals surface area contributed by atoms with Crippen molar-refractivity contribution in [1.82, 2.24) is 0 Å². The number of hydrogen-bond donors (Lipinski definition) is 7. The Morgan fingerprint density at radius 3 is 0.427 bits per heavy atom. The predicted molar refractivity (Wildman–Crippen MR) is 515 cm³/mol. The number of ether oxygens (including phenoxy) is 23. The van der Waals surface area contributed by atoms with Crippen LogP contribution >= 0.6 is 0 Å². The third kappa shape index (κ3) is 27.8. The molecule has 0 aliphatic carbocycles. The lowest BCUT2D eigenvalue weighted by atomic mass is 9.94. The van der Waals surface area contributed by atoms with E-state index in [9.17, 15) is 35.7 Å². The smallest absolute Gasteiger partial charge is 0.187 e. The maximum Gasteiger partial charge on any atom is 0.187 e. The summed E-state index contributed by atoms with van der Waals surface area (Å²) in [5, 5.41) is 95.7. The van der Waals surface area contributed by atoms with Gasteiger partial charge >= 0.3 is 0 Å². The van der Waals surface area contributed by atoms with E-state index in [1.807, 2.05) is 334 Å². The van der Waals surface area contributed by atoms with Crippen LogP contribution < -0.4 is 0 Å². The molecule has 0 amide bonds. The number of aliphatic hydroxyl groups excluding tert-OH is 7. The van der Waals surface area contributed by atoms with Crippen molar-refractivity contribution in [3.05, 3.63) is 395 Å². The van der Waals surface area contributed by atoms with Crippen molar-refractivity contribution < 1.29 is 145 Å². The first-order chi connectivity index (χ1) is 70.3. The van der Waals surface area contributed by atoms with Crippen LogP contribution in [0, 0.1) is 0 Å². The number of rotatable bonds is 39. The van der Waals surface area contributed by atoms with E-state index in [0.29, 0.717) is 33.4 Å². The molecule has 22 aliphatic rings. The van der Waals surface area contributed by atoms with E-state index in [0.717, 1.165) is 27.8 Å². The van der Waals surface area contributed by atoms with Gasteiger partial charge < -0.3 is 145 Å². The topological polar surface area (TPSA) is 354 Å². The molecule has 22 saturated heterocycles. The van der Waals surface area contributed by atoms with Crippen LogP contribution in [-0.4, -0.2) is 260 Å². The summed E-state index contributed by atoms with van der Waals surface area (Å²) in [4.78, 5) is 0. The lowest BCUT2D eigenvalue weighted by Crippen LogP contribution is -2.69. The second-order valence-electron chi connectivity index (χ2n) is 36.6. The zero-order valence-electron chi connectivity index (χ0n) is 79.1. The fourth-order valence-corrected chi connectivity index (χ4v) is 18.8.